The number of halogens is 4. The number of ether oxygens (including phenoxy) is 1. The second kappa shape index (κ2) is 6.44. The fourth-order valence-electron chi connectivity index (χ4n) is 1.26. The van der Waals surface area contributed by atoms with Crippen molar-refractivity contribution in [2.75, 3.05) is 6.61 Å². The van der Waals surface area contributed by atoms with Crippen LogP contribution in [0.25, 0.3) is 0 Å². The van der Waals surface area contributed by atoms with Gasteiger partial charge in [-0.25, -0.2) is 18.6 Å². The number of rotatable bonds is 4. The van der Waals surface area contributed by atoms with Gasteiger partial charge < -0.3 is 4.74 Å². The highest BCUT2D eigenvalue weighted by Crippen LogP contribution is 2.28. The van der Waals surface area contributed by atoms with E-state index in [9.17, 15) is 13.6 Å². The molecule has 0 spiro atoms. The Morgan fingerprint density at radius 1 is 1.65 bits per heavy atom. The number of hydrogen-bond donors (Lipinski definition) is 0. The molecule has 1 aromatic rings. The summed E-state index contributed by atoms with van der Waals surface area (Å²) in [5.41, 5.74) is -0.382. The third kappa shape index (κ3) is 3.48. The quantitative estimate of drug-likeness (QED) is 0.350. The Bertz CT molecular complexity index is 429. The molecule has 0 aliphatic rings. The summed E-state index contributed by atoms with van der Waals surface area (Å²) in [5, 5.41) is 0. The van der Waals surface area contributed by atoms with Crippen LogP contribution in [0.1, 0.15) is 35.0 Å². The van der Waals surface area contributed by atoms with E-state index >= 15 is 0 Å². The number of esters is 1. The molecule has 0 aliphatic carbocycles. The number of carbonyl (C=O) groups is 1. The summed E-state index contributed by atoms with van der Waals surface area (Å²) < 4.78 is 30.6. The number of carbonyl (C=O) groups excluding carboxylic acids is 1. The van der Waals surface area contributed by atoms with Crippen LogP contribution in [0.4, 0.5) is 8.78 Å². The SMILES string of the molecule is CCOC(=O)c1nc(I)cc(C(F)F)c1CCl. The molecule has 0 aliphatic heterocycles. The van der Waals surface area contributed by atoms with Crippen LogP contribution in [0, 0.1) is 3.70 Å². The van der Waals surface area contributed by atoms with Gasteiger partial charge in [-0.1, -0.05) is 0 Å². The highest BCUT2D eigenvalue weighted by Gasteiger charge is 2.22. The first-order valence-corrected chi connectivity index (χ1v) is 6.33. The molecule has 0 saturated carbocycles. The predicted molar refractivity (Wildman–Crippen MR) is 67.4 cm³/mol. The largest absolute Gasteiger partial charge is 0.461 e. The Morgan fingerprint density at radius 2 is 2.29 bits per heavy atom. The minimum Gasteiger partial charge on any atom is -0.461 e. The van der Waals surface area contributed by atoms with Crippen molar-refractivity contribution >= 4 is 40.2 Å². The van der Waals surface area contributed by atoms with Crippen molar-refractivity contribution in [3.8, 4) is 0 Å². The Balaban J connectivity index is 3.32. The number of pyridine rings is 1. The lowest BCUT2D eigenvalue weighted by Gasteiger charge is -2.11. The van der Waals surface area contributed by atoms with Crippen molar-refractivity contribution in [2.45, 2.75) is 19.2 Å². The van der Waals surface area contributed by atoms with Gasteiger partial charge in [-0.2, -0.15) is 0 Å². The molecular weight excluding hydrogens is 366 g/mol. The predicted octanol–water partition coefficient (Wildman–Crippen LogP) is 3.54. The fourth-order valence-corrected chi connectivity index (χ4v) is 2.12. The lowest BCUT2D eigenvalue weighted by Crippen LogP contribution is -2.13. The van der Waals surface area contributed by atoms with Gasteiger partial charge in [-0.05, 0) is 35.6 Å². The van der Waals surface area contributed by atoms with E-state index in [0.29, 0.717) is 3.70 Å². The van der Waals surface area contributed by atoms with E-state index in [1.165, 1.54) is 6.07 Å². The highest BCUT2D eigenvalue weighted by atomic mass is 127. The Kier molecular flexibility index (Phi) is 5.51. The van der Waals surface area contributed by atoms with Crippen LogP contribution >= 0.6 is 34.2 Å². The topological polar surface area (TPSA) is 39.2 Å². The molecule has 0 unspecified atom stereocenters. The average Bonchev–Trinajstić information content (AvgIpc) is 2.28. The third-order valence-corrected chi connectivity index (χ3v) is 2.78. The van der Waals surface area contributed by atoms with Gasteiger partial charge in [0.15, 0.2) is 5.69 Å². The molecule has 0 aromatic carbocycles. The molecule has 0 bridgehead atoms. The van der Waals surface area contributed by atoms with Crippen LogP contribution in [-0.2, 0) is 10.6 Å². The fraction of sp³-hybridized carbons (Fsp3) is 0.400. The first kappa shape index (κ1) is 14.6. The number of aromatic nitrogens is 1. The first-order chi connectivity index (χ1) is 8.01. The second-order valence-electron chi connectivity index (χ2n) is 3.02. The van der Waals surface area contributed by atoms with Crippen LogP contribution in [0.2, 0.25) is 0 Å². The van der Waals surface area contributed by atoms with Crippen molar-refractivity contribution in [3.05, 3.63) is 26.6 Å². The van der Waals surface area contributed by atoms with E-state index in [1.807, 2.05) is 0 Å². The van der Waals surface area contributed by atoms with Gasteiger partial charge in [-0.15, -0.1) is 11.6 Å². The van der Waals surface area contributed by atoms with Crippen LogP contribution < -0.4 is 0 Å². The van der Waals surface area contributed by atoms with E-state index in [4.69, 9.17) is 16.3 Å². The minimum atomic E-state index is -2.70. The van der Waals surface area contributed by atoms with Crippen molar-refractivity contribution < 1.29 is 18.3 Å². The van der Waals surface area contributed by atoms with Crippen molar-refractivity contribution in [1.82, 2.24) is 4.98 Å². The summed E-state index contributed by atoms with van der Waals surface area (Å²) >= 11 is 7.36. The molecule has 0 N–H and O–H groups in total. The summed E-state index contributed by atoms with van der Waals surface area (Å²) in [5.74, 6) is -0.943. The summed E-state index contributed by atoms with van der Waals surface area (Å²) in [6.45, 7) is 1.78. The molecule has 1 rings (SSSR count). The molecule has 0 fully saturated rings. The molecule has 7 heteroatoms. The first-order valence-electron chi connectivity index (χ1n) is 4.71. The summed E-state index contributed by atoms with van der Waals surface area (Å²) in [6.07, 6.45) is -2.70. The summed E-state index contributed by atoms with van der Waals surface area (Å²) in [6, 6.07) is 1.21. The van der Waals surface area contributed by atoms with Crippen molar-refractivity contribution in [2.24, 2.45) is 0 Å². The van der Waals surface area contributed by atoms with E-state index in [2.05, 4.69) is 4.98 Å². The normalized spacial score (nSPS) is 10.7. The molecular formula is C10H9ClF2INO2. The standard InChI is InChI=1S/C10H9ClF2INO2/c1-2-17-10(16)8-6(4-11)5(9(12)13)3-7(14)15-8/h3,9H,2,4H2,1H3. The zero-order valence-corrected chi connectivity index (χ0v) is 11.8. The van der Waals surface area contributed by atoms with Crippen LogP contribution in [0.3, 0.4) is 0 Å². The number of hydrogen-bond acceptors (Lipinski definition) is 3. The van der Waals surface area contributed by atoms with Gasteiger partial charge in [0.05, 0.1) is 12.5 Å². The lowest BCUT2D eigenvalue weighted by atomic mass is 10.1. The van der Waals surface area contributed by atoms with Gasteiger partial charge in [-0.3, -0.25) is 0 Å². The Morgan fingerprint density at radius 3 is 2.76 bits per heavy atom. The lowest BCUT2D eigenvalue weighted by molar-refractivity contribution is 0.0517. The highest BCUT2D eigenvalue weighted by molar-refractivity contribution is 14.1. The molecule has 0 radical (unpaired) electrons. The maximum atomic E-state index is 12.8. The number of alkyl halides is 3. The summed E-state index contributed by atoms with van der Waals surface area (Å²) in [4.78, 5) is 15.5. The van der Waals surface area contributed by atoms with Crippen molar-refractivity contribution in [3.63, 3.8) is 0 Å². The number of nitrogens with zero attached hydrogens (tertiary/aromatic N) is 1. The van der Waals surface area contributed by atoms with E-state index in [1.54, 1.807) is 29.5 Å². The van der Waals surface area contributed by atoms with Crippen LogP contribution in [0.15, 0.2) is 6.07 Å². The van der Waals surface area contributed by atoms with Gasteiger partial charge in [0.1, 0.15) is 3.70 Å². The Labute approximate surface area is 116 Å². The van der Waals surface area contributed by atoms with Gasteiger partial charge >= 0.3 is 5.97 Å². The molecule has 17 heavy (non-hydrogen) atoms. The zero-order valence-electron chi connectivity index (χ0n) is 8.84. The van der Waals surface area contributed by atoms with Crippen molar-refractivity contribution in [1.29, 1.82) is 0 Å². The van der Waals surface area contributed by atoms with Gasteiger partial charge in [0.25, 0.3) is 6.43 Å². The van der Waals surface area contributed by atoms with Crippen LogP contribution in [-0.4, -0.2) is 17.6 Å². The Hall–Kier alpha value is -0.500. The summed E-state index contributed by atoms with van der Waals surface area (Å²) in [7, 11) is 0. The third-order valence-electron chi connectivity index (χ3n) is 1.97. The zero-order chi connectivity index (χ0) is 13.0. The van der Waals surface area contributed by atoms with Gasteiger partial charge in [0, 0.05) is 11.1 Å². The van der Waals surface area contributed by atoms with Crippen LogP contribution in [0.5, 0.6) is 0 Å². The van der Waals surface area contributed by atoms with E-state index in [-0.39, 0.29) is 29.3 Å². The molecule has 0 saturated heterocycles. The molecule has 94 valence electrons. The van der Waals surface area contributed by atoms with E-state index < -0.39 is 12.4 Å². The van der Waals surface area contributed by atoms with Gasteiger partial charge in [0.2, 0.25) is 0 Å². The molecule has 3 nitrogen and oxygen atoms in total. The maximum absolute atomic E-state index is 12.8. The maximum Gasteiger partial charge on any atom is 0.357 e. The molecule has 0 amide bonds. The minimum absolute atomic E-state index is 0.0283. The second-order valence-corrected chi connectivity index (χ2v) is 4.39. The molecule has 0 atom stereocenters. The van der Waals surface area contributed by atoms with E-state index in [0.717, 1.165) is 0 Å². The average molecular weight is 376 g/mol. The smallest absolute Gasteiger partial charge is 0.357 e. The molecule has 1 aromatic heterocycles. The monoisotopic (exact) mass is 375 g/mol. The molecule has 1 heterocycles.